The minimum absolute atomic E-state index is 0.0646. The Labute approximate surface area is 254 Å². The van der Waals surface area contributed by atoms with Crippen LogP contribution in [-0.2, 0) is 19.1 Å². The molecular formula is C30H31ClF3N4O4S+. The van der Waals surface area contributed by atoms with E-state index in [4.69, 9.17) is 11.6 Å². The van der Waals surface area contributed by atoms with E-state index in [1.807, 2.05) is 20.8 Å². The normalized spacial score (nSPS) is 21.0. The second-order valence-electron chi connectivity index (χ2n) is 12.0. The van der Waals surface area contributed by atoms with Crippen molar-refractivity contribution in [3.05, 3.63) is 83.2 Å². The molecule has 2 N–H and O–H groups in total. The van der Waals surface area contributed by atoms with Crippen LogP contribution in [0.25, 0.3) is 5.57 Å². The van der Waals surface area contributed by atoms with Crippen LogP contribution in [0.1, 0.15) is 55.2 Å². The van der Waals surface area contributed by atoms with Gasteiger partial charge in [-0.05, 0) is 74.2 Å². The maximum atomic E-state index is 14.0. The highest BCUT2D eigenvalue weighted by Gasteiger charge is 2.51. The lowest BCUT2D eigenvalue weighted by molar-refractivity contribution is -0.911. The van der Waals surface area contributed by atoms with Gasteiger partial charge in [-0.3, -0.25) is 9.36 Å². The third kappa shape index (κ3) is 5.87. The average Bonchev–Trinajstić information content (AvgIpc) is 3.50. The fourth-order valence-electron chi connectivity index (χ4n) is 6.07. The number of carboxylic acid groups (broad SMARTS) is 1. The molecule has 2 aliphatic heterocycles. The zero-order valence-corrected chi connectivity index (χ0v) is 25.4. The van der Waals surface area contributed by atoms with Crippen molar-refractivity contribution in [3.8, 4) is 5.88 Å². The van der Waals surface area contributed by atoms with Crippen molar-refractivity contribution in [1.82, 2.24) is 4.57 Å². The molecule has 3 heterocycles. The first kappa shape index (κ1) is 31.0. The van der Waals surface area contributed by atoms with Gasteiger partial charge in [-0.2, -0.15) is 28.2 Å². The number of likely N-dealkylation sites (tertiary alicyclic amines) is 1. The molecule has 5 rings (SSSR count). The van der Waals surface area contributed by atoms with E-state index in [2.05, 4.69) is 10.2 Å². The van der Waals surface area contributed by atoms with Gasteiger partial charge in [0.1, 0.15) is 5.54 Å². The SMILES string of the molecule is CC(C)(C)[N+]1(C(=O)O)CCC[C@H](Cn2c(O)c(C(Cc3ccc(Cl)cc3C(F)(F)F)=c3ccc4c(c3)C=NN=4)sc2=O)C1. The van der Waals surface area contributed by atoms with Gasteiger partial charge in [0.05, 0.1) is 35.1 Å². The summed E-state index contributed by atoms with van der Waals surface area (Å²) in [7, 11) is 0. The van der Waals surface area contributed by atoms with Crippen molar-refractivity contribution < 1.29 is 32.7 Å². The number of thiazole rings is 1. The Bertz CT molecular complexity index is 1810. The average molecular weight is 636 g/mol. The van der Waals surface area contributed by atoms with E-state index in [9.17, 15) is 33.0 Å². The number of amides is 1. The molecule has 1 aromatic heterocycles. The van der Waals surface area contributed by atoms with Gasteiger partial charge in [-0.1, -0.05) is 35.1 Å². The lowest BCUT2D eigenvalue weighted by atomic mass is 9.89. The van der Waals surface area contributed by atoms with Gasteiger partial charge in [0.25, 0.3) is 0 Å². The van der Waals surface area contributed by atoms with Gasteiger partial charge in [-0.15, -0.1) is 0 Å². The van der Waals surface area contributed by atoms with E-state index < -0.39 is 28.2 Å². The second-order valence-corrected chi connectivity index (χ2v) is 13.4. The van der Waals surface area contributed by atoms with Crippen LogP contribution in [-0.4, -0.2) is 50.2 Å². The van der Waals surface area contributed by atoms with Crippen LogP contribution in [0.3, 0.4) is 0 Å². The molecule has 3 aromatic rings. The molecule has 2 aliphatic rings. The highest BCUT2D eigenvalue weighted by molar-refractivity contribution is 7.10. The van der Waals surface area contributed by atoms with Gasteiger partial charge in [-0.25, -0.2) is 4.48 Å². The number of carbonyl (C=O) groups is 1. The summed E-state index contributed by atoms with van der Waals surface area (Å²) >= 11 is 6.66. The summed E-state index contributed by atoms with van der Waals surface area (Å²) in [5.41, 5.74) is -0.591. The van der Waals surface area contributed by atoms with Gasteiger partial charge >= 0.3 is 17.1 Å². The summed E-state index contributed by atoms with van der Waals surface area (Å²) < 4.78 is 43.1. The number of fused-ring (bicyclic) bond motifs is 1. The zero-order valence-electron chi connectivity index (χ0n) is 23.8. The quantitative estimate of drug-likeness (QED) is 0.367. The van der Waals surface area contributed by atoms with Crippen molar-refractivity contribution in [2.45, 2.75) is 58.3 Å². The second kappa shape index (κ2) is 11.2. The van der Waals surface area contributed by atoms with Crippen LogP contribution in [0.2, 0.25) is 5.02 Å². The lowest BCUT2D eigenvalue weighted by Crippen LogP contribution is -2.67. The minimum Gasteiger partial charge on any atom is -0.493 e. The number of rotatable bonds is 5. The Balaban J connectivity index is 1.61. The first-order chi connectivity index (χ1) is 20.1. The third-order valence-electron chi connectivity index (χ3n) is 8.44. The molecule has 8 nitrogen and oxygen atoms in total. The Kier molecular flexibility index (Phi) is 8.08. The molecule has 1 amide bonds. The molecule has 0 spiro atoms. The van der Waals surface area contributed by atoms with Crippen molar-refractivity contribution in [2.75, 3.05) is 13.1 Å². The van der Waals surface area contributed by atoms with E-state index in [-0.39, 0.29) is 51.3 Å². The van der Waals surface area contributed by atoms with E-state index in [1.54, 1.807) is 18.2 Å². The molecule has 228 valence electrons. The van der Waals surface area contributed by atoms with Crippen LogP contribution in [0, 0.1) is 5.92 Å². The number of halogens is 4. The van der Waals surface area contributed by atoms with E-state index in [0.717, 1.165) is 17.4 Å². The summed E-state index contributed by atoms with van der Waals surface area (Å²) in [5, 5.41) is 30.6. The number of nitrogens with zero attached hydrogens (tertiary/aromatic N) is 4. The maximum Gasteiger partial charge on any atom is 0.513 e. The molecule has 1 saturated heterocycles. The number of alkyl halides is 3. The molecule has 0 radical (unpaired) electrons. The third-order valence-corrected chi connectivity index (χ3v) is 9.70. The molecule has 43 heavy (non-hydrogen) atoms. The minimum atomic E-state index is -4.68. The number of hydrogen-bond acceptors (Lipinski definition) is 6. The summed E-state index contributed by atoms with van der Waals surface area (Å²) in [6, 6.07) is 8.60. The monoisotopic (exact) mass is 635 g/mol. The molecule has 2 aromatic carbocycles. The van der Waals surface area contributed by atoms with Crippen LogP contribution < -0.4 is 15.4 Å². The Morgan fingerprint density at radius 2 is 1.93 bits per heavy atom. The van der Waals surface area contributed by atoms with Gasteiger partial charge in [0, 0.05) is 29.5 Å². The predicted molar refractivity (Wildman–Crippen MR) is 158 cm³/mol. The fraction of sp³-hybridized carbons (Fsp3) is 0.400. The van der Waals surface area contributed by atoms with Crippen LogP contribution >= 0.6 is 22.9 Å². The fourth-order valence-corrected chi connectivity index (χ4v) is 7.20. The number of hydrogen-bond donors (Lipinski definition) is 2. The smallest absolute Gasteiger partial charge is 0.493 e. The first-order valence-corrected chi connectivity index (χ1v) is 14.9. The van der Waals surface area contributed by atoms with E-state index >= 15 is 0 Å². The maximum absolute atomic E-state index is 14.0. The van der Waals surface area contributed by atoms with Crippen molar-refractivity contribution >= 4 is 40.8 Å². The van der Waals surface area contributed by atoms with Gasteiger partial charge < -0.3 is 10.2 Å². The molecule has 13 heteroatoms. The molecule has 2 atom stereocenters. The number of aromatic hydroxyl groups is 1. The first-order valence-electron chi connectivity index (χ1n) is 13.7. The number of quaternary nitrogens is 1. The molecule has 1 fully saturated rings. The van der Waals surface area contributed by atoms with Crippen LogP contribution in [0.15, 0.2) is 51.4 Å². The van der Waals surface area contributed by atoms with E-state index in [1.165, 1.54) is 22.9 Å². The van der Waals surface area contributed by atoms with Crippen LogP contribution in [0.4, 0.5) is 18.0 Å². The van der Waals surface area contributed by atoms with Gasteiger partial charge in [0.2, 0.25) is 5.88 Å². The molecule has 0 bridgehead atoms. The summed E-state index contributed by atoms with van der Waals surface area (Å²) in [5.74, 6) is -0.578. The van der Waals surface area contributed by atoms with E-state index in [0.29, 0.717) is 41.1 Å². The molecule has 0 aliphatic carbocycles. The largest absolute Gasteiger partial charge is 0.513 e. The van der Waals surface area contributed by atoms with Crippen molar-refractivity contribution in [2.24, 2.45) is 16.1 Å². The van der Waals surface area contributed by atoms with Crippen molar-refractivity contribution in [1.29, 1.82) is 0 Å². The Morgan fingerprint density at radius 3 is 2.60 bits per heavy atom. The lowest BCUT2D eigenvalue weighted by Gasteiger charge is -2.48. The van der Waals surface area contributed by atoms with Crippen LogP contribution in [0.5, 0.6) is 5.88 Å². The molecule has 0 saturated carbocycles. The number of aromatic nitrogens is 1. The summed E-state index contributed by atoms with van der Waals surface area (Å²) in [4.78, 5) is 25.4. The summed E-state index contributed by atoms with van der Waals surface area (Å²) in [6.07, 6.45) is -3.04. The number of piperidine rings is 1. The Hall–Kier alpha value is -3.48. The molecular weight excluding hydrogens is 605 g/mol. The number of benzene rings is 2. The highest BCUT2D eigenvalue weighted by atomic mass is 35.5. The Morgan fingerprint density at radius 1 is 1.19 bits per heavy atom. The predicted octanol–water partition coefficient (Wildman–Crippen LogP) is 5.40. The van der Waals surface area contributed by atoms with Crippen molar-refractivity contribution in [3.63, 3.8) is 0 Å². The van der Waals surface area contributed by atoms with Gasteiger partial charge in [0.15, 0.2) is 0 Å². The highest BCUT2D eigenvalue weighted by Crippen LogP contribution is 2.38. The standard InChI is InChI=1S/C30H30ClF3N4O4S/c1-29(2,3)38(28(41)42)10-4-5-17(16-38)15-37-26(39)25(43-27(37)40)22(18-7-9-24-20(11-18)14-35-36-24)12-19-6-8-21(31)13-23(19)30(32,33)34/h6-9,11,13-14,17H,4-5,10,12,15-16H2,1-3H3,(H-,35,36,39,41,42)/p+1/t17-,38?/m1/s1. The zero-order chi connectivity index (χ0) is 31.3. The topological polar surface area (TPSA) is 104 Å². The summed E-state index contributed by atoms with van der Waals surface area (Å²) in [6.45, 7) is 6.44. The molecule has 1 unspecified atom stereocenters.